The monoisotopic (exact) mass is 407 g/mol. The maximum Gasteiger partial charge on any atom is 0.269 e. The highest BCUT2D eigenvalue weighted by molar-refractivity contribution is 9.10. The summed E-state index contributed by atoms with van der Waals surface area (Å²) in [4.78, 5) is 3.99. The summed E-state index contributed by atoms with van der Waals surface area (Å²) in [6.07, 6.45) is 1.34. The number of sulfonamides is 1. The lowest BCUT2D eigenvalue weighted by atomic mass is 10.4. The summed E-state index contributed by atoms with van der Waals surface area (Å²) in [6, 6.07) is 5.06. The Kier molecular flexibility index (Phi) is 4.49. The van der Waals surface area contributed by atoms with Crippen molar-refractivity contribution >= 4 is 36.0 Å². The minimum Gasteiger partial charge on any atom is -0.226 e. The van der Waals surface area contributed by atoms with Crippen molar-refractivity contribution in [3.63, 3.8) is 0 Å². The maximum absolute atomic E-state index is 12.5. The molecule has 0 saturated carbocycles. The van der Waals surface area contributed by atoms with Gasteiger partial charge in [0, 0.05) is 14.1 Å². The second-order valence-electron chi connectivity index (χ2n) is 4.67. The predicted octanol–water partition coefficient (Wildman–Crippen LogP) is 1.44. The lowest BCUT2D eigenvalue weighted by Crippen LogP contribution is -2.22. The minimum absolute atomic E-state index is 0.0155. The topological polar surface area (TPSA) is 89.3 Å². The van der Waals surface area contributed by atoms with Gasteiger partial charge in [-0.3, -0.25) is 0 Å². The maximum atomic E-state index is 12.5. The summed E-state index contributed by atoms with van der Waals surface area (Å²) in [7, 11) is -4.59. The molecule has 0 aliphatic carbocycles. The van der Waals surface area contributed by atoms with Gasteiger partial charge >= 0.3 is 0 Å². The summed E-state index contributed by atoms with van der Waals surface area (Å²) in [5.41, 5.74) is 0. The molecule has 1 heterocycles. The number of benzene rings is 1. The molecule has 10 heteroatoms. The number of imidazole rings is 1. The molecule has 0 saturated heterocycles. The van der Waals surface area contributed by atoms with E-state index in [1.54, 1.807) is 6.92 Å². The fraction of sp³-hybridized carbons (Fsp3) is 0.250. The number of hydrogen-bond donors (Lipinski definition) is 0. The van der Waals surface area contributed by atoms with Gasteiger partial charge in [0.15, 0.2) is 0 Å². The van der Waals surface area contributed by atoms with E-state index in [0.717, 1.165) is 8.28 Å². The quantitative estimate of drug-likeness (QED) is 0.764. The van der Waals surface area contributed by atoms with Gasteiger partial charge in [0.1, 0.15) is 10.4 Å². The van der Waals surface area contributed by atoms with E-state index in [4.69, 9.17) is 0 Å². The van der Waals surface area contributed by atoms with E-state index in [9.17, 15) is 16.8 Å². The van der Waals surface area contributed by atoms with E-state index in [1.165, 1.54) is 44.6 Å². The molecule has 0 radical (unpaired) electrons. The van der Waals surface area contributed by atoms with Crippen LogP contribution >= 0.6 is 15.9 Å². The summed E-state index contributed by atoms with van der Waals surface area (Å²) < 4.78 is 51.5. The molecule has 0 spiro atoms. The molecule has 120 valence electrons. The van der Waals surface area contributed by atoms with E-state index in [2.05, 4.69) is 20.9 Å². The first-order chi connectivity index (χ1) is 10.1. The van der Waals surface area contributed by atoms with Crippen LogP contribution in [-0.2, 0) is 20.0 Å². The first kappa shape index (κ1) is 17.1. The molecule has 1 aromatic carbocycles. The molecule has 1 aromatic heterocycles. The average Bonchev–Trinajstić information content (AvgIpc) is 2.78. The molecule has 2 rings (SSSR count). The van der Waals surface area contributed by atoms with E-state index in [1.807, 2.05) is 0 Å². The summed E-state index contributed by atoms with van der Waals surface area (Å²) in [5, 5.41) is 0. The van der Waals surface area contributed by atoms with E-state index in [-0.39, 0.29) is 9.79 Å². The second kappa shape index (κ2) is 5.76. The number of hydrogen-bond acceptors (Lipinski definition) is 5. The Morgan fingerprint density at radius 3 is 1.95 bits per heavy atom. The fourth-order valence-electron chi connectivity index (χ4n) is 1.77. The molecule has 0 N–H and O–H groups in total. The molecule has 0 fully saturated rings. The van der Waals surface area contributed by atoms with Gasteiger partial charge < -0.3 is 0 Å². The van der Waals surface area contributed by atoms with Crippen molar-refractivity contribution < 1.29 is 16.8 Å². The summed E-state index contributed by atoms with van der Waals surface area (Å²) in [5.74, 6) is 0.303. The number of rotatable bonds is 4. The number of aryl methyl sites for hydroxylation is 1. The minimum atomic E-state index is -3.82. The average molecular weight is 408 g/mol. The van der Waals surface area contributed by atoms with Gasteiger partial charge in [-0.05, 0) is 47.1 Å². The van der Waals surface area contributed by atoms with Gasteiger partial charge in [-0.25, -0.2) is 30.1 Å². The number of aromatic nitrogens is 2. The van der Waals surface area contributed by atoms with Gasteiger partial charge in [0.05, 0.1) is 16.0 Å². The van der Waals surface area contributed by atoms with E-state index >= 15 is 0 Å². The van der Waals surface area contributed by atoms with Crippen molar-refractivity contribution in [2.24, 2.45) is 0 Å². The normalized spacial score (nSPS) is 12.8. The fourth-order valence-corrected chi connectivity index (χ4v) is 4.61. The van der Waals surface area contributed by atoms with Crippen molar-refractivity contribution in [1.29, 1.82) is 0 Å². The van der Waals surface area contributed by atoms with Crippen LogP contribution < -0.4 is 0 Å². The van der Waals surface area contributed by atoms with Crippen LogP contribution in [0.5, 0.6) is 0 Å². The lowest BCUT2D eigenvalue weighted by molar-refractivity contribution is 0.520. The van der Waals surface area contributed by atoms with Crippen molar-refractivity contribution in [2.45, 2.75) is 16.7 Å². The SMILES string of the molecule is Cc1nc(Br)cn1S(=O)(=O)c1ccc(S(=O)(=O)N(C)C)cc1. The highest BCUT2D eigenvalue weighted by Gasteiger charge is 2.22. The van der Waals surface area contributed by atoms with Crippen LogP contribution in [0.3, 0.4) is 0 Å². The van der Waals surface area contributed by atoms with Gasteiger partial charge in [-0.2, -0.15) is 0 Å². The zero-order chi connectivity index (χ0) is 16.7. The number of nitrogens with zero attached hydrogens (tertiary/aromatic N) is 3. The van der Waals surface area contributed by atoms with Crippen LogP contribution in [0, 0.1) is 6.92 Å². The first-order valence-electron chi connectivity index (χ1n) is 6.06. The zero-order valence-corrected chi connectivity index (χ0v) is 15.3. The van der Waals surface area contributed by atoms with Crippen molar-refractivity contribution in [3.8, 4) is 0 Å². The van der Waals surface area contributed by atoms with Crippen LogP contribution in [0.2, 0.25) is 0 Å². The summed E-state index contributed by atoms with van der Waals surface area (Å²) in [6.45, 7) is 1.56. The highest BCUT2D eigenvalue weighted by atomic mass is 79.9. The Hall–Kier alpha value is -1.23. The predicted molar refractivity (Wildman–Crippen MR) is 84.6 cm³/mol. The van der Waals surface area contributed by atoms with Crippen molar-refractivity contribution in [2.75, 3.05) is 14.1 Å². The highest BCUT2D eigenvalue weighted by Crippen LogP contribution is 2.21. The molecule has 7 nitrogen and oxygen atoms in total. The Labute approximate surface area is 137 Å². The van der Waals surface area contributed by atoms with Gasteiger partial charge in [0.2, 0.25) is 10.0 Å². The largest absolute Gasteiger partial charge is 0.269 e. The van der Waals surface area contributed by atoms with Gasteiger partial charge in [-0.1, -0.05) is 0 Å². The smallest absolute Gasteiger partial charge is 0.226 e. The van der Waals surface area contributed by atoms with Gasteiger partial charge in [-0.15, -0.1) is 0 Å². The molecule has 2 aromatic rings. The number of halogens is 1. The van der Waals surface area contributed by atoms with E-state index < -0.39 is 20.0 Å². The molecule has 0 aliphatic rings. The molecule has 22 heavy (non-hydrogen) atoms. The Bertz CT molecular complexity index is 900. The van der Waals surface area contributed by atoms with Crippen molar-refractivity contribution in [1.82, 2.24) is 13.3 Å². The van der Waals surface area contributed by atoms with Crippen LogP contribution in [0.25, 0.3) is 0 Å². The molecule has 0 bridgehead atoms. The van der Waals surface area contributed by atoms with Crippen molar-refractivity contribution in [3.05, 3.63) is 40.9 Å². The van der Waals surface area contributed by atoms with Gasteiger partial charge in [0.25, 0.3) is 10.0 Å². The van der Waals surface area contributed by atoms with Crippen LogP contribution in [0.4, 0.5) is 0 Å². The summed E-state index contributed by atoms with van der Waals surface area (Å²) >= 11 is 3.12. The Morgan fingerprint density at radius 1 is 1.05 bits per heavy atom. The second-order valence-corrected chi connectivity index (χ2v) is 9.45. The molecule has 0 unspecified atom stereocenters. The molecular formula is C12H14BrN3O4S2. The molecule has 0 amide bonds. The van der Waals surface area contributed by atoms with Crippen LogP contribution in [-0.4, -0.2) is 44.2 Å². The van der Waals surface area contributed by atoms with E-state index in [0.29, 0.717) is 10.4 Å². The standard InChI is InChI=1S/C12H14BrN3O4S2/c1-9-14-12(13)8-16(9)22(19,20)11-6-4-10(5-7-11)21(17,18)15(2)3/h4-8H,1-3H3. The molecule has 0 atom stereocenters. The molecule has 0 aliphatic heterocycles. The van der Waals surface area contributed by atoms with Crippen LogP contribution in [0.15, 0.2) is 44.9 Å². The zero-order valence-electron chi connectivity index (χ0n) is 12.1. The Balaban J connectivity index is 2.49. The van der Waals surface area contributed by atoms with Crippen LogP contribution in [0.1, 0.15) is 5.82 Å². The molecular weight excluding hydrogens is 394 g/mol. The Morgan fingerprint density at radius 2 is 1.55 bits per heavy atom. The first-order valence-corrected chi connectivity index (χ1v) is 9.74. The third-order valence-electron chi connectivity index (χ3n) is 2.97. The third-order valence-corrected chi connectivity index (χ3v) is 6.94. The lowest BCUT2D eigenvalue weighted by Gasteiger charge is -2.12. The third kappa shape index (κ3) is 2.96.